The molecule has 0 spiro atoms. The first-order valence-corrected chi connectivity index (χ1v) is 10.4. The average Bonchev–Trinajstić information content (AvgIpc) is 3.44. The van der Waals surface area contributed by atoms with E-state index in [2.05, 4.69) is 20.3 Å². The van der Waals surface area contributed by atoms with Gasteiger partial charge in [-0.1, -0.05) is 17.7 Å². The normalized spacial score (nSPS) is 11.3. The minimum Gasteiger partial charge on any atom is -0.455 e. The van der Waals surface area contributed by atoms with Crippen LogP contribution in [0.4, 0.5) is 11.5 Å². The number of nitrogens with zero attached hydrogens (tertiary/aromatic N) is 3. The Bertz CT molecular complexity index is 1380. The molecular weight excluding hydrogens is 430 g/mol. The van der Waals surface area contributed by atoms with Gasteiger partial charge in [-0.3, -0.25) is 0 Å². The molecule has 0 saturated carbocycles. The zero-order valence-electron chi connectivity index (χ0n) is 17.0. The van der Waals surface area contributed by atoms with E-state index in [9.17, 15) is 0 Å². The van der Waals surface area contributed by atoms with E-state index in [1.54, 1.807) is 6.07 Å². The third-order valence-corrected chi connectivity index (χ3v) is 5.38. The molecule has 0 fully saturated rings. The molecule has 0 radical (unpaired) electrons. The number of H-pyrrole nitrogens is 1. The van der Waals surface area contributed by atoms with Gasteiger partial charge < -0.3 is 29.4 Å². The second kappa shape index (κ2) is 8.88. The SMILES string of the molecule is OCOCCn1ccc2ncnc(Nc3ccc(Oc4cccc5[nH]ccc45)c(Cl)c3)c21. The maximum absolute atomic E-state index is 8.85. The predicted octanol–water partition coefficient (Wildman–Crippen LogP) is 5.07. The topological polar surface area (TPSA) is 97.2 Å². The molecule has 32 heavy (non-hydrogen) atoms. The fraction of sp³-hybridized carbons (Fsp3) is 0.130. The van der Waals surface area contributed by atoms with Gasteiger partial charge in [0.15, 0.2) is 5.82 Å². The van der Waals surface area contributed by atoms with E-state index in [1.807, 2.05) is 59.4 Å². The van der Waals surface area contributed by atoms with Crippen molar-refractivity contribution in [3.05, 3.63) is 72.3 Å². The number of ether oxygens (including phenoxy) is 2. The smallest absolute Gasteiger partial charge is 0.158 e. The standard InChI is InChI=1S/C23H20ClN5O3/c24-17-12-15(4-5-21(17)32-20-3-1-2-18-16(20)6-8-25-18)28-23-22-19(26-13-27-23)7-9-29(22)10-11-31-14-30/h1-9,12-13,25,30H,10-11,14H2,(H,26,27,28). The third-order valence-electron chi connectivity index (χ3n) is 5.09. The second-order valence-corrected chi connectivity index (χ2v) is 7.48. The van der Waals surface area contributed by atoms with Gasteiger partial charge in [0, 0.05) is 35.5 Å². The van der Waals surface area contributed by atoms with Gasteiger partial charge in [-0.05, 0) is 42.5 Å². The van der Waals surface area contributed by atoms with Crippen LogP contribution in [-0.4, -0.2) is 38.0 Å². The molecule has 3 heterocycles. The second-order valence-electron chi connectivity index (χ2n) is 7.07. The molecule has 9 heteroatoms. The Hall–Kier alpha value is -3.59. The fourth-order valence-electron chi connectivity index (χ4n) is 3.60. The first kappa shape index (κ1) is 20.3. The molecule has 0 atom stereocenters. The quantitative estimate of drug-likeness (QED) is 0.226. The van der Waals surface area contributed by atoms with Crippen LogP contribution in [0.1, 0.15) is 0 Å². The minimum absolute atomic E-state index is 0.313. The maximum Gasteiger partial charge on any atom is 0.158 e. The molecule has 0 aliphatic carbocycles. The lowest BCUT2D eigenvalue weighted by atomic mass is 10.2. The number of aromatic amines is 1. The maximum atomic E-state index is 8.85. The summed E-state index contributed by atoms with van der Waals surface area (Å²) in [7, 11) is 0. The number of hydrogen-bond acceptors (Lipinski definition) is 6. The monoisotopic (exact) mass is 449 g/mol. The van der Waals surface area contributed by atoms with Crippen molar-refractivity contribution in [1.29, 1.82) is 0 Å². The number of rotatable bonds is 8. The first-order chi connectivity index (χ1) is 15.7. The summed E-state index contributed by atoms with van der Waals surface area (Å²) >= 11 is 6.53. The summed E-state index contributed by atoms with van der Waals surface area (Å²) in [5.41, 5.74) is 3.40. The lowest BCUT2D eigenvalue weighted by Gasteiger charge is -2.13. The molecule has 2 aromatic carbocycles. The number of fused-ring (bicyclic) bond motifs is 2. The predicted molar refractivity (Wildman–Crippen MR) is 124 cm³/mol. The Kier molecular flexibility index (Phi) is 5.64. The van der Waals surface area contributed by atoms with Crippen molar-refractivity contribution in [2.75, 3.05) is 18.7 Å². The van der Waals surface area contributed by atoms with Crippen LogP contribution in [0.3, 0.4) is 0 Å². The summed E-state index contributed by atoms with van der Waals surface area (Å²) in [6.07, 6.45) is 5.30. The van der Waals surface area contributed by atoms with Gasteiger partial charge >= 0.3 is 0 Å². The summed E-state index contributed by atoms with van der Waals surface area (Å²) in [6.45, 7) is 0.622. The molecule has 0 unspecified atom stereocenters. The molecule has 3 N–H and O–H groups in total. The highest BCUT2D eigenvalue weighted by molar-refractivity contribution is 6.32. The van der Waals surface area contributed by atoms with Gasteiger partial charge in [0.25, 0.3) is 0 Å². The highest BCUT2D eigenvalue weighted by atomic mass is 35.5. The number of anilines is 2. The number of hydrogen-bond donors (Lipinski definition) is 3. The molecule has 0 aliphatic heterocycles. The summed E-state index contributed by atoms with van der Waals surface area (Å²) in [4.78, 5) is 11.9. The molecule has 0 bridgehead atoms. The molecule has 162 valence electrons. The van der Waals surface area contributed by atoms with E-state index >= 15 is 0 Å². The number of nitrogens with one attached hydrogen (secondary N) is 2. The zero-order chi connectivity index (χ0) is 21.9. The van der Waals surface area contributed by atoms with Gasteiger partial charge in [0.2, 0.25) is 0 Å². The van der Waals surface area contributed by atoms with E-state index in [1.165, 1.54) is 6.33 Å². The third kappa shape index (κ3) is 3.99. The van der Waals surface area contributed by atoms with Crippen molar-refractivity contribution in [2.45, 2.75) is 6.54 Å². The molecule has 0 aliphatic rings. The lowest BCUT2D eigenvalue weighted by Crippen LogP contribution is -2.07. The number of benzene rings is 2. The van der Waals surface area contributed by atoms with Crippen molar-refractivity contribution in [3.63, 3.8) is 0 Å². The number of aliphatic hydroxyl groups is 1. The van der Waals surface area contributed by atoms with Crippen LogP contribution in [0.25, 0.3) is 21.9 Å². The van der Waals surface area contributed by atoms with Crippen LogP contribution in [-0.2, 0) is 11.3 Å². The molecule has 5 aromatic rings. The molecule has 8 nitrogen and oxygen atoms in total. The van der Waals surface area contributed by atoms with E-state index in [0.717, 1.165) is 33.4 Å². The van der Waals surface area contributed by atoms with Gasteiger partial charge in [-0.2, -0.15) is 0 Å². The van der Waals surface area contributed by atoms with Crippen LogP contribution < -0.4 is 10.1 Å². The minimum atomic E-state index is -0.313. The molecular formula is C23H20ClN5O3. The lowest BCUT2D eigenvalue weighted by molar-refractivity contribution is -0.00423. The Morgan fingerprint density at radius 3 is 2.91 bits per heavy atom. The molecule has 5 rings (SSSR count). The summed E-state index contributed by atoms with van der Waals surface area (Å²) in [5.74, 6) is 1.93. The van der Waals surface area contributed by atoms with E-state index in [-0.39, 0.29) is 6.79 Å². The summed E-state index contributed by atoms with van der Waals surface area (Å²) < 4.78 is 13.1. The number of aromatic nitrogens is 4. The van der Waals surface area contributed by atoms with Crippen molar-refractivity contribution >= 4 is 45.0 Å². The summed E-state index contributed by atoms with van der Waals surface area (Å²) in [6, 6.07) is 15.2. The summed E-state index contributed by atoms with van der Waals surface area (Å²) in [5, 5.41) is 13.6. The highest BCUT2D eigenvalue weighted by Gasteiger charge is 2.12. The van der Waals surface area contributed by atoms with Crippen molar-refractivity contribution in [1.82, 2.24) is 19.5 Å². The molecule has 0 saturated heterocycles. The number of aliphatic hydroxyl groups excluding tert-OH is 1. The fourth-order valence-corrected chi connectivity index (χ4v) is 3.82. The van der Waals surface area contributed by atoms with Gasteiger partial charge in [-0.25, -0.2) is 9.97 Å². The van der Waals surface area contributed by atoms with E-state index < -0.39 is 0 Å². The van der Waals surface area contributed by atoms with Crippen LogP contribution in [0.2, 0.25) is 5.02 Å². The Labute approximate surface area is 188 Å². The van der Waals surface area contributed by atoms with Gasteiger partial charge in [0.05, 0.1) is 17.1 Å². The largest absolute Gasteiger partial charge is 0.455 e. The Morgan fingerprint density at radius 2 is 2.03 bits per heavy atom. The van der Waals surface area contributed by atoms with E-state index in [4.69, 9.17) is 26.2 Å². The first-order valence-electron chi connectivity index (χ1n) is 10.0. The van der Waals surface area contributed by atoms with Crippen LogP contribution >= 0.6 is 11.6 Å². The van der Waals surface area contributed by atoms with E-state index in [0.29, 0.717) is 29.7 Å². The average molecular weight is 450 g/mol. The van der Waals surface area contributed by atoms with Crippen LogP contribution in [0.15, 0.2) is 67.3 Å². The Balaban J connectivity index is 1.40. The highest BCUT2D eigenvalue weighted by Crippen LogP contribution is 2.35. The van der Waals surface area contributed by atoms with Crippen molar-refractivity contribution in [3.8, 4) is 11.5 Å². The van der Waals surface area contributed by atoms with Crippen molar-refractivity contribution in [2.24, 2.45) is 0 Å². The van der Waals surface area contributed by atoms with Gasteiger partial charge in [0.1, 0.15) is 30.1 Å². The zero-order valence-corrected chi connectivity index (χ0v) is 17.7. The van der Waals surface area contributed by atoms with Crippen LogP contribution in [0, 0.1) is 0 Å². The molecule has 0 amide bonds. The number of halogens is 1. The van der Waals surface area contributed by atoms with Crippen molar-refractivity contribution < 1.29 is 14.6 Å². The van der Waals surface area contributed by atoms with Gasteiger partial charge in [-0.15, -0.1) is 0 Å². The molecule has 3 aromatic heterocycles. The van der Waals surface area contributed by atoms with Crippen LogP contribution in [0.5, 0.6) is 11.5 Å². The Morgan fingerprint density at radius 1 is 1.09 bits per heavy atom.